The van der Waals surface area contributed by atoms with E-state index in [1.54, 1.807) is 11.8 Å². The molecule has 2 N–H and O–H groups in total. The Morgan fingerprint density at radius 2 is 1.88 bits per heavy atom. The van der Waals surface area contributed by atoms with Crippen molar-refractivity contribution in [3.63, 3.8) is 0 Å². The summed E-state index contributed by atoms with van der Waals surface area (Å²) in [6.45, 7) is 7.55. The summed E-state index contributed by atoms with van der Waals surface area (Å²) < 4.78 is 5.45. The first-order valence-corrected chi connectivity index (χ1v) is 6.77. The average Bonchev–Trinajstić information content (AvgIpc) is 2.29. The van der Waals surface area contributed by atoms with Gasteiger partial charge in [-0.3, -0.25) is 0 Å². The van der Waals surface area contributed by atoms with Crippen molar-refractivity contribution in [3.05, 3.63) is 17.0 Å². The maximum Gasteiger partial charge on any atom is 0.188 e. The maximum absolute atomic E-state index is 6.08. The van der Waals surface area contributed by atoms with Crippen LogP contribution in [-0.4, -0.2) is 34.5 Å². The molecule has 0 radical (unpaired) electrons. The highest BCUT2D eigenvalue weighted by Gasteiger charge is 2.24. The summed E-state index contributed by atoms with van der Waals surface area (Å²) in [6, 6.07) is 0.180. The van der Waals surface area contributed by atoms with Gasteiger partial charge in [-0.15, -0.1) is 0 Å². The molecule has 1 saturated heterocycles. The van der Waals surface area contributed by atoms with Crippen molar-refractivity contribution in [2.75, 3.05) is 13.2 Å². The van der Waals surface area contributed by atoms with Crippen LogP contribution in [0.5, 0.6) is 0 Å². The molecule has 0 amide bonds. The Balaban J connectivity index is 2.12. The number of thioether (sulfide) groups is 1. The van der Waals surface area contributed by atoms with Gasteiger partial charge in [0, 0.05) is 24.0 Å². The Morgan fingerprint density at radius 3 is 2.47 bits per heavy atom. The monoisotopic (exact) mass is 253 g/mol. The molecule has 2 unspecified atom stereocenters. The number of hydrogen-bond acceptors (Lipinski definition) is 5. The second-order valence-corrected chi connectivity index (χ2v) is 5.69. The van der Waals surface area contributed by atoms with Gasteiger partial charge in [0.1, 0.15) is 0 Å². The van der Waals surface area contributed by atoms with Crippen molar-refractivity contribution >= 4 is 11.8 Å². The highest BCUT2D eigenvalue weighted by molar-refractivity contribution is 7.99. The van der Waals surface area contributed by atoms with Gasteiger partial charge in [-0.2, -0.15) is 0 Å². The van der Waals surface area contributed by atoms with Crippen LogP contribution in [0.3, 0.4) is 0 Å². The molecule has 1 fully saturated rings. The minimum Gasteiger partial charge on any atom is -0.380 e. The Bertz CT molecular complexity index is 388. The lowest BCUT2D eigenvalue weighted by atomic mass is 10.1. The van der Waals surface area contributed by atoms with Gasteiger partial charge in [-0.1, -0.05) is 11.8 Å². The van der Waals surface area contributed by atoms with Gasteiger partial charge in [0.05, 0.1) is 11.9 Å². The summed E-state index contributed by atoms with van der Waals surface area (Å²) in [6.07, 6.45) is 0.918. The molecule has 2 atom stereocenters. The van der Waals surface area contributed by atoms with Crippen LogP contribution in [0.2, 0.25) is 0 Å². The van der Waals surface area contributed by atoms with Crippen LogP contribution < -0.4 is 5.73 Å². The summed E-state index contributed by atoms with van der Waals surface area (Å²) >= 11 is 1.64. The molecule has 1 aromatic heterocycles. The van der Waals surface area contributed by atoms with E-state index < -0.39 is 0 Å². The molecule has 94 valence electrons. The van der Waals surface area contributed by atoms with Gasteiger partial charge in [0.2, 0.25) is 0 Å². The molecule has 1 aliphatic heterocycles. The smallest absolute Gasteiger partial charge is 0.188 e. The van der Waals surface area contributed by atoms with Crippen molar-refractivity contribution in [1.82, 2.24) is 9.97 Å². The van der Waals surface area contributed by atoms with Gasteiger partial charge in [-0.25, -0.2) is 9.97 Å². The van der Waals surface area contributed by atoms with Crippen LogP contribution in [0.15, 0.2) is 5.16 Å². The number of ether oxygens (including phenoxy) is 1. The van der Waals surface area contributed by atoms with E-state index in [4.69, 9.17) is 10.5 Å². The van der Waals surface area contributed by atoms with E-state index in [0.717, 1.165) is 29.6 Å². The lowest BCUT2D eigenvalue weighted by molar-refractivity contribution is 0.0915. The van der Waals surface area contributed by atoms with Crippen LogP contribution >= 0.6 is 11.8 Å². The highest BCUT2D eigenvalue weighted by Crippen LogP contribution is 2.26. The SMILES string of the molecule is Cc1nc(SC2COCCC2N)nc(C)c1C. The number of rotatable bonds is 2. The Morgan fingerprint density at radius 1 is 1.24 bits per heavy atom. The Labute approximate surface area is 106 Å². The second kappa shape index (κ2) is 5.33. The molecule has 17 heavy (non-hydrogen) atoms. The van der Waals surface area contributed by atoms with Crippen LogP contribution in [0, 0.1) is 20.8 Å². The van der Waals surface area contributed by atoms with Crippen LogP contribution in [0.1, 0.15) is 23.4 Å². The van der Waals surface area contributed by atoms with Crippen LogP contribution in [0.4, 0.5) is 0 Å². The first-order valence-electron chi connectivity index (χ1n) is 5.89. The van der Waals surface area contributed by atoms with Crippen LogP contribution in [-0.2, 0) is 4.74 Å². The lowest BCUT2D eigenvalue weighted by Crippen LogP contribution is -2.41. The third-order valence-electron chi connectivity index (χ3n) is 3.22. The molecule has 5 heteroatoms. The quantitative estimate of drug-likeness (QED) is 0.811. The minimum absolute atomic E-state index is 0.180. The molecule has 1 aromatic rings. The number of aromatic nitrogens is 2. The summed E-state index contributed by atoms with van der Waals surface area (Å²) in [7, 11) is 0. The molecule has 4 nitrogen and oxygen atoms in total. The van der Waals surface area contributed by atoms with E-state index >= 15 is 0 Å². The number of aryl methyl sites for hydroxylation is 2. The average molecular weight is 253 g/mol. The van der Waals surface area contributed by atoms with Crippen LogP contribution in [0.25, 0.3) is 0 Å². The highest BCUT2D eigenvalue weighted by atomic mass is 32.2. The third kappa shape index (κ3) is 2.97. The summed E-state index contributed by atoms with van der Waals surface area (Å²) in [5, 5.41) is 1.09. The van der Waals surface area contributed by atoms with Gasteiger partial charge in [-0.05, 0) is 32.8 Å². The molecule has 2 heterocycles. The fourth-order valence-electron chi connectivity index (χ4n) is 1.78. The van der Waals surface area contributed by atoms with E-state index in [2.05, 4.69) is 16.9 Å². The molecule has 2 rings (SSSR count). The zero-order chi connectivity index (χ0) is 12.4. The Kier molecular flexibility index (Phi) is 4.01. The summed E-state index contributed by atoms with van der Waals surface area (Å²) in [5.41, 5.74) is 9.33. The van der Waals surface area contributed by atoms with E-state index in [1.807, 2.05) is 13.8 Å². The molecule has 0 spiro atoms. The van der Waals surface area contributed by atoms with E-state index in [1.165, 1.54) is 5.56 Å². The maximum atomic E-state index is 6.08. The summed E-state index contributed by atoms with van der Waals surface area (Å²) in [4.78, 5) is 9.01. The number of nitrogens with two attached hydrogens (primary N) is 1. The zero-order valence-corrected chi connectivity index (χ0v) is 11.4. The van der Waals surface area contributed by atoms with E-state index in [0.29, 0.717) is 6.61 Å². The largest absolute Gasteiger partial charge is 0.380 e. The van der Waals surface area contributed by atoms with Crippen molar-refractivity contribution in [3.8, 4) is 0 Å². The molecular weight excluding hydrogens is 234 g/mol. The minimum atomic E-state index is 0.180. The molecule has 0 saturated carbocycles. The molecule has 1 aliphatic rings. The molecular formula is C12H19N3OS. The van der Waals surface area contributed by atoms with Crippen molar-refractivity contribution in [2.24, 2.45) is 5.73 Å². The first kappa shape index (κ1) is 12.8. The molecule has 0 aromatic carbocycles. The number of hydrogen-bond donors (Lipinski definition) is 1. The molecule has 0 bridgehead atoms. The zero-order valence-electron chi connectivity index (χ0n) is 10.6. The standard InChI is InChI=1S/C12H19N3OS/c1-7-8(2)14-12(15-9(7)3)17-11-6-16-5-4-10(11)13/h10-11H,4-6,13H2,1-3H3. The van der Waals surface area contributed by atoms with Crippen molar-refractivity contribution in [1.29, 1.82) is 0 Å². The predicted octanol–water partition coefficient (Wildman–Crippen LogP) is 1.61. The fourth-order valence-corrected chi connectivity index (χ4v) is 2.90. The second-order valence-electron chi connectivity index (χ2n) is 4.49. The van der Waals surface area contributed by atoms with Gasteiger partial charge in [0.15, 0.2) is 5.16 Å². The Hall–Kier alpha value is -0.650. The lowest BCUT2D eigenvalue weighted by Gasteiger charge is -2.27. The van der Waals surface area contributed by atoms with Crippen molar-refractivity contribution < 1.29 is 4.74 Å². The number of nitrogens with zero attached hydrogens (tertiary/aromatic N) is 2. The van der Waals surface area contributed by atoms with E-state index in [-0.39, 0.29) is 11.3 Å². The van der Waals surface area contributed by atoms with Crippen molar-refractivity contribution in [2.45, 2.75) is 43.6 Å². The van der Waals surface area contributed by atoms with E-state index in [9.17, 15) is 0 Å². The third-order valence-corrected chi connectivity index (χ3v) is 4.41. The topological polar surface area (TPSA) is 61.0 Å². The first-order chi connectivity index (χ1) is 8.08. The fraction of sp³-hybridized carbons (Fsp3) is 0.667. The van der Waals surface area contributed by atoms with Gasteiger partial charge >= 0.3 is 0 Å². The van der Waals surface area contributed by atoms with Gasteiger partial charge < -0.3 is 10.5 Å². The predicted molar refractivity (Wildman–Crippen MR) is 69.3 cm³/mol. The summed E-state index contributed by atoms with van der Waals surface area (Å²) in [5.74, 6) is 0. The molecule has 0 aliphatic carbocycles. The normalized spacial score (nSPS) is 24.9. The van der Waals surface area contributed by atoms with Gasteiger partial charge in [0.25, 0.3) is 0 Å².